The van der Waals surface area contributed by atoms with E-state index in [1.165, 1.54) is 21.6 Å². The van der Waals surface area contributed by atoms with E-state index in [-0.39, 0.29) is 0 Å². The van der Waals surface area contributed by atoms with Crippen molar-refractivity contribution < 1.29 is 4.74 Å². The van der Waals surface area contributed by atoms with Crippen LogP contribution in [0.15, 0.2) is 52.5 Å². The molecule has 0 fully saturated rings. The molecule has 0 aliphatic carbocycles. The highest BCUT2D eigenvalue weighted by molar-refractivity contribution is 7.09. The molecule has 20 heavy (non-hydrogen) atoms. The fraction of sp³-hybridized carbons (Fsp3) is 0.176. The Morgan fingerprint density at radius 1 is 1.00 bits per heavy atom. The van der Waals surface area contributed by atoms with Crippen LogP contribution in [0, 0.1) is 13.8 Å². The minimum atomic E-state index is 0.939. The highest BCUT2D eigenvalue weighted by Crippen LogP contribution is 2.31. The summed E-state index contributed by atoms with van der Waals surface area (Å²) in [5.41, 5.74) is 3.66. The molecule has 104 valence electrons. The van der Waals surface area contributed by atoms with Crippen LogP contribution in [0.2, 0.25) is 0 Å². The van der Waals surface area contributed by atoms with Crippen LogP contribution >= 0.6 is 22.7 Å². The van der Waals surface area contributed by atoms with E-state index >= 15 is 0 Å². The third-order valence-electron chi connectivity index (χ3n) is 2.85. The molecule has 0 aliphatic rings. The van der Waals surface area contributed by atoms with Crippen LogP contribution in [-0.4, -0.2) is 7.11 Å². The van der Waals surface area contributed by atoms with Crippen molar-refractivity contribution >= 4 is 22.7 Å². The minimum absolute atomic E-state index is 0.939. The number of rotatable bonds is 2. The molecule has 0 spiro atoms. The molecular formula is C17H18OS2. The molecule has 0 bridgehead atoms. The van der Waals surface area contributed by atoms with Gasteiger partial charge in [0.2, 0.25) is 0 Å². The highest BCUT2D eigenvalue weighted by Gasteiger charge is 2.05. The summed E-state index contributed by atoms with van der Waals surface area (Å²) in [5, 5.41) is 6.30. The number of hydrogen-bond acceptors (Lipinski definition) is 3. The molecule has 1 nitrogen and oxygen atoms in total. The van der Waals surface area contributed by atoms with Gasteiger partial charge in [0.1, 0.15) is 5.75 Å². The molecule has 3 aromatic rings. The zero-order chi connectivity index (χ0) is 14.4. The van der Waals surface area contributed by atoms with Crippen molar-refractivity contribution in [3.63, 3.8) is 0 Å². The molecular weight excluding hydrogens is 284 g/mol. The van der Waals surface area contributed by atoms with Crippen LogP contribution in [0.25, 0.3) is 11.1 Å². The van der Waals surface area contributed by atoms with Crippen molar-refractivity contribution in [2.24, 2.45) is 0 Å². The van der Waals surface area contributed by atoms with E-state index in [0.717, 1.165) is 5.75 Å². The van der Waals surface area contributed by atoms with Gasteiger partial charge in [-0.25, -0.2) is 0 Å². The van der Waals surface area contributed by atoms with E-state index in [2.05, 4.69) is 60.3 Å². The van der Waals surface area contributed by atoms with Gasteiger partial charge in [-0.05, 0) is 59.8 Å². The number of benzene rings is 1. The van der Waals surface area contributed by atoms with E-state index in [1.54, 1.807) is 29.8 Å². The minimum Gasteiger partial charge on any atom is -0.496 e. The van der Waals surface area contributed by atoms with Crippen molar-refractivity contribution in [1.29, 1.82) is 0 Å². The van der Waals surface area contributed by atoms with Crippen LogP contribution in [-0.2, 0) is 0 Å². The second-order valence-corrected chi connectivity index (χ2v) is 6.37. The Hall–Kier alpha value is -1.58. The maximum Gasteiger partial charge on any atom is 0.126 e. The molecule has 3 rings (SSSR count). The topological polar surface area (TPSA) is 9.23 Å². The first-order chi connectivity index (χ1) is 9.70. The van der Waals surface area contributed by atoms with E-state index in [0.29, 0.717) is 0 Å². The van der Waals surface area contributed by atoms with Crippen LogP contribution < -0.4 is 4.74 Å². The predicted molar refractivity (Wildman–Crippen MR) is 90.1 cm³/mol. The Labute approximate surface area is 128 Å². The van der Waals surface area contributed by atoms with Gasteiger partial charge < -0.3 is 4.74 Å². The van der Waals surface area contributed by atoms with Crippen LogP contribution in [0.4, 0.5) is 0 Å². The van der Waals surface area contributed by atoms with Crippen molar-refractivity contribution in [2.75, 3.05) is 7.11 Å². The Kier molecular flexibility index (Phi) is 5.39. The average Bonchev–Trinajstić information content (AvgIpc) is 3.12. The molecule has 2 aromatic heterocycles. The van der Waals surface area contributed by atoms with Gasteiger partial charge in [-0.3, -0.25) is 0 Å². The number of ether oxygens (including phenoxy) is 1. The monoisotopic (exact) mass is 302 g/mol. The SMILES string of the molecule is COc1ccc(C)cc1-c1ccsc1.Cc1cccs1. The summed E-state index contributed by atoms with van der Waals surface area (Å²) in [6.45, 7) is 4.19. The summed E-state index contributed by atoms with van der Waals surface area (Å²) in [7, 11) is 1.71. The quantitative estimate of drug-likeness (QED) is 0.582. The van der Waals surface area contributed by atoms with E-state index in [4.69, 9.17) is 4.74 Å². The highest BCUT2D eigenvalue weighted by atomic mass is 32.1. The van der Waals surface area contributed by atoms with Gasteiger partial charge in [-0.2, -0.15) is 11.3 Å². The summed E-state index contributed by atoms with van der Waals surface area (Å²) in [6.07, 6.45) is 0. The first kappa shape index (κ1) is 14.8. The van der Waals surface area contributed by atoms with E-state index < -0.39 is 0 Å². The molecule has 0 amide bonds. The van der Waals surface area contributed by atoms with Crippen molar-refractivity contribution in [3.05, 3.63) is 63.0 Å². The zero-order valence-electron chi connectivity index (χ0n) is 11.9. The molecule has 0 unspecified atom stereocenters. The molecule has 1 aromatic carbocycles. The Bertz CT molecular complexity index is 625. The first-order valence-electron chi connectivity index (χ1n) is 6.38. The smallest absolute Gasteiger partial charge is 0.126 e. The number of methoxy groups -OCH3 is 1. The maximum absolute atomic E-state index is 5.33. The van der Waals surface area contributed by atoms with Gasteiger partial charge in [0.05, 0.1) is 7.11 Å². The molecule has 0 aliphatic heterocycles. The van der Waals surface area contributed by atoms with Crippen LogP contribution in [0.5, 0.6) is 5.75 Å². The third-order valence-corrected chi connectivity index (χ3v) is 4.33. The van der Waals surface area contributed by atoms with Crippen molar-refractivity contribution in [1.82, 2.24) is 0 Å². The number of aryl methyl sites for hydroxylation is 2. The zero-order valence-corrected chi connectivity index (χ0v) is 13.6. The van der Waals surface area contributed by atoms with Gasteiger partial charge in [0.15, 0.2) is 0 Å². The lowest BCUT2D eigenvalue weighted by atomic mass is 10.1. The molecule has 0 radical (unpaired) electrons. The maximum atomic E-state index is 5.33. The second kappa shape index (κ2) is 7.27. The Balaban J connectivity index is 0.000000205. The number of hydrogen-bond donors (Lipinski definition) is 0. The first-order valence-corrected chi connectivity index (χ1v) is 8.20. The predicted octanol–water partition coefficient (Wildman–Crippen LogP) is 5.79. The van der Waals surface area contributed by atoms with Gasteiger partial charge >= 0.3 is 0 Å². The summed E-state index contributed by atoms with van der Waals surface area (Å²) >= 11 is 3.48. The third kappa shape index (κ3) is 3.95. The summed E-state index contributed by atoms with van der Waals surface area (Å²) in [5.74, 6) is 0.939. The standard InChI is InChI=1S/C12H12OS.C5H6S/c1-9-3-4-12(13-2)11(7-9)10-5-6-14-8-10;1-5-3-2-4-6-5/h3-8H,1-2H3;2-4H,1H3. The van der Waals surface area contributed by atoms with E-state index in [9.17, 15) is 0 Å². The van der Waals surface area contributed by atoms with Gasteiger partial charge in [0, 0.05) is 10.4 Å². The van der Waals surface area contributed by atoms with E-state index in [1.807, 2.05) is 6.07 Å². The number of thiophene rings is 2. The lowest BCUT2D eigenvalue weighted by Crippen LogP contribution is -1.87. The normalized spacial score (nSPS) is 9.75. The molecule has 2 heterocycles. The Morgan fingerprint density at radius 2 is 1.85 bits per heavy atom. The van der Waals surface area contributed by atoms with Crippen LogP contribution in [0.3, 0.4) is 0 Å². The summed E-state index contributed by atoms with van der Waals surface area (Å²) < 4.78 is 5.33. The fourth-order valence-electron chi connectivity index (χ4n) is 1.83. The summed E-state index contributed by atoms with van der Waals surface area (Å²) in [6, 6.07) is 12.5. The second-order valence-electron chi connectivity index (χ2n) is 4.44. The van der Waals surface area contributed by atoms with Crippen molar-refractivity contribution in [2.45, 2.75) is 13.8 Å². The fourth-order valence-corrected chi connectivity index (χ4v) is 3.01. The Morgan fingerprint density at radius 3 is 2.35 bits per heavy atom. The lowest BCUT2D eigenvalue weighted by molar-refractivity contribution is 0.416. The van der Waals surface area contributed by atoms with Gasteiger partial charge in [-0.15, -0.1) is 11.3 Å². The lowest BCUT2D eigenvalue weighted by Gasteiger charge is -2.07. The molecule has 0 saturated carbocycles. The van der Waals surface area contributed by atoms with Gasteiger partial charge in [0.25, 0.3) is 0 Å². The van der Waals surface area contributed by atoms with Crippen molar-refractivity contribution in [3.8, 4) is 16.9 Å². The summed E-state index contributed by atoms with van der Waals surface area (Å²) in [4.78, 5) is 1.38. The van der Waals surface area contributed by atoms with Crippen LogP contribution in [0.1, 0.15) is 10.4 Å². The average molecular weight is 302 g/mol. The van der Waals surface area contributed by atoms with Gasteiger partial charge in [-0.1, -0.05) is 17.7 Å². The molecule has 3 heteroatoms. The largest absolute Gasteiger partial charge is 0.496 e. The molecule has 0 atom stereocenters. The molecule has 0 saturated heterocycles. The molecule has 0 N–H and O–H groups in total.